The summed E-state index contributed by atoms with van der Waals surface area (Å²) in [4.78, 5) is 13.5. The van der Waals surface area contributed by atoms with Gasteiger partial charge in [-0.2, -0.15) is 4.39 Å². The molecule has 0 unspecified atom stereocenters. The molecule has 1 aromatic heterocycles. The van der Waals surface area contributed by atoms with E-state index >= 15 is 0 Å². The summed E-state index contributed by atoms with van der Waals surface area (Å²) in [6, 6.07) is 1.01. The molecular formula is C7H5ClFNO2. The first kappa shape index (κ1) is 8.93. The van der Waals surface area contributed by atoms with Gasteiger partial charge in [0.05, 0.1) is 11.4 Å². The summed E-state index contributed by atoms with van der Waals surface area (Å²) in [5, 5.41) is 8.55. The molecule has 1 aromatic rings. The van der Waals surface area contributed by atoms with E-state index in [1.807, 2.05) is 0 Å². The fraction of sp³-hybridized carbons (Fsp3) is 0.143. The van der Waals surface area contributed by atoms with Crippen LogP contribution in [0, 0.1) is 5.95 Å². The lowest BCUT2D eigenvalue weighted by molar-refractivity contribution is -0.136. The topological polar surface area (TPSA) is 50.2 Å². The molecule has 0 saturated carbocycles. The summed E-state index contributed by atoms with van der Waals surface area (Å²) < 4.78 is 12.4. The van der Waals surface area contributed by atoms with Crippen LogP contribution in [0.25, 0.3) is 0 Å². The minimum absolute atomic E-state index is 0.166. The zero-order valence-corrected chi connectivity index (χ0v) is 6.68. The number of aliphatic carboxylic acids is 1. The number of hydrogen-bond acceptors (Lipinski definition) is 2. The van der Waals surface area contributed by atoms with Crippen LogP contribution in [0.1, 0.15) is 5.56 Å². The SMILES string of the molecule is O=C(O)Cc1cc(F)ncc1Cl. The highest BCUT2D eigenvalue weighted by molar-refractivity contribution is 6.31. The number of rotatable bonds is 2. The number of halogens is 2. The first-order chi connectivity index (χ1) is 5.59. The van der Waals surface area contributed by atoms with E-state index in [4.69, 9.17) is 16.7 Å². The second kappa shape index (κ2) is 3.49. The Kier molecular flexibility index (Phi) is 2.60. The van der Waals surface area contributed by atoms with Gasteiger partial charge in [-0.05, 0) is 11.6 Å². The van der Waals surface area contributed by atoms with Gasteiger partial charge in [0.1, 0.15) is 0 Å². The van der Waals surface area contributed by atoms with Crippen molar-refractivity contribution in [3.63, 3.8) is 0 Å². The minimum atomic E-state index is -1.05. The van der Waals surface area contributed by atoms with E-state index in [2.05, 4.69) is 4.98 Å². The standard InChI is InChI=1S/C7H5ClFNO2/c8-5-3-10-6(9)1-4(5)2-7(11)12/h1,3H,2H2,(H,11,12). The number of pyridine rings is 1. The molecule has 0 fully saturated rings. The Bertz CT molecular complexity index is 316. The van der Waals surface area contributed by atoms with Crippen molar-refractivity contribution in [1.82, 2.24) is 4.98 Å². The second-order valence-corrected chi connectivity index (χ2v) is 2.58. The molecule has 0 aromatic carbocycles. The molecule has 12 heavy (non-hydrogen) atoms. The van der Waals surface area contributed by atoms with E-state index in [0.717, 1.165) is 12.3 Å². The molecule has 0 atom stereocenters. The van der Waals surface area contributed by atoms with Gasteiger partial charge in [0.15, 0.2) is 0 Å². The third-order valence-electron chi connectivity index (χ3n) is 1.24. The fourth-order valence-corrected chi connectivity index (χ4v) is 0.920. The van der Waals surface area contributed by atoms with E-state index in [-0.39, 0.29) is 17.0 Å². The largest absolute Gasteiger partial charge is 0.481 e. The summed E-state index contributed by atoms with van der Waals surface area (Å²) in [5.41, 5.74) is 0.233. The van der Waals surface area contributed by atoms with E-state index in [1.165, 1.54) is 0 Å². The highest BCUT2D eigenvalue weighted by atomic mass is 35.5. The average Bonchev–Trinajstić information content (AvgIpc) is 1.96. The van der Waals surface area contributed by atoms with Gasteiger partial charge in [0.25, 0.3) is 0 Å². The summed E-state index contributed by atoms with van der Waals surface area (Å²) >= 11 is 5.55. The summed E-state index contributed by atoms with van der Waals surface area (Å²) in [6.07, 6.45) is 0.799. The Morgan fingerprint density at radius 1 is 1.75 bits per heavy atom. The maximum absolute atomic E-state index is 12.4. The van der Waals surface area contributed by atoms with Crippen molar-refractivity contribution in [1.29, 1.82) is 0 Å². The van der Waals surface area contributed by atoms with Gasteiger partial charge in [-0.15, -0.1) is 0 Å². The molecule has 0 radical (unpaired) electrons. The molecular weight excluding hydrogens is 185 g/mol. The predicted octanol–water partition coefficient (Wildman–Crippen LogP) is 1.50. The van der Waals surface area contributed by atoms with Crippen LogP contribution in [0.4, 0.5) is 4.39 Å². The molecule has 0 amide bonds. The lowest BCUT2D eigenvalue weighted by Crippen LogP contribution is -2.01. The van der Waals surface area contributed by atoms with Crippen LogP contribution >= 0.6 is 11.6 Å². The molecule has 5 heteroatoms. The number of carboxylic acids is 1. The van der Waals surface area contributed by atoms with Crippen LogP contribution in [0.5, 0.6) is 0 Å². The van der Waals surface area contributed by atoms with Crippen LogP contribution in [0.2, 0.25) is 5.02 Å². The normalized spacial score (nSPS) is 9.83. The van der Waals surface area contributed by atoms with E-state index < -0.39 is 11.9 Å². The number of aromatic nitrogens is 1. The number of hydrogen-bond donors (Lipinski definition) is 1. The zero-order chi connectivity index (χ0) is 9.14. The summed E-state index contributed by atoms with van der Waals surface area (Å²) in [7, 11) is 0. The Balaban J connectivity index is 2.97. The van der Waals surface area contributed by atoms with Crippen molar-refractivity contribution >= 4 is 17.6 Å². The molecule has 1 heterocycles. The van der Waals surface area contributed by atoms with Crippen LogP contribution in [-0.4, -0.2) is 16.1 Å². The molecule has 0 aliphatic rings. The van der Waals surface area contributed by atoms with Crippen molar-refractivity contribution in [3.05, 3.63) is 28.8 Å². The molecule has 0 spiro atoms. The highest BCUT2D eigenvalue weighted by Crippen LogP contribution is 2.15. The van der Waals surface area contributed by atoms with Crippen LogP contribution in [0.3, 0.4) is 0 Å². The van der Waals surface area contributed by atoms with Gasteiger partial charge in [0.2, 0.25) is 5.95 Å². The van der Waals surface area contributed by atoms with Crippen LogP contribution in [0.15, 0.2) is 12.3 Å². The Morgan fingerprint density at radius 2 is 2.42 bits per heavy atom. The van der Waals surface area contributed by atoms with Crippen molar-refractivity contribution in [2.75, 3.05) is 0 Å². The molecule has 0 aliphatic heterocycles. The Morgan fingerprint density at radius 3 is 3.00 bits per heavy atom. The van der Waals surface area contributed by atoms with E-state index in [0.29, 0.717) is 0 Å². The van der Waals surface area contributed by atoms with Crippen molar-refractivity contribution in [2.24, 2.45) is 0 Å². The lowest BCUT2D eigenvalue weighted by Gasteiger charge is -1.98. The Hall–Kier alpha value is -1.16. The third kappa shape index (κ3) is 2.17. The van der Waals surface area contributed by atoms with Gasteiger partial charge in [-0.3, -0.25) is 4.79 Å². The molecule has 3 nitrogen and oxygen atoms in total. The van der Waals surface area contributed by atoms with Gasteiger partial charge in [-0.25, -0.2) is 4.98 Å². The van der Waals surface area contributed by atoms with Crippen LogP contribution in [-0.2, 0) is 11.2 Å². The predicted molar refractivity (Wildman–Crippen MR) is 40.5 cm³/mol. The number of carbonyl (C=O) groups is 1. The maximum atomic E-state index is 12.4. The molecule has 0 saturated heterocycles. The second-order valence-electron chi connectivity index (χ2n) is 2.17. The number of carboxylic acid groups (broad SMARTS) is 1. The molecule has 0 bridgehead atoms. The Labute approximate surface area is 72.8 Å². The van der Waals surface area contributed by atoms with Crippen molar-refractivity contribution in [2.45, 2.75) is 6.42 Å². The van der Waals surface area contributed by atoms with E-state index in [1.54, 1.807) is 0 Å². The molecule has 1 N–H and O–H groups in total. The van der Waals surface area contributed by atoms with Crippen molar-refractivity contribution < 1.29 is 14.3 Å². The minimum Gasteiger partial charge on any atom is -0.481 e. The molecule has 0 aliphatic carbocycles. The maximum Gasteiger partial charge on any atom is 0.307 e. The van der Waals surface area contributed by atoms with Gasteiger partial charge in [-0.1, -0.05) is 11.6 Å². The first-order valence-electron chi connectivity index (χ1n) is 3.11. The van der Waals surface area contributed by atoms with E-state index in [9.17, 15) is 9.18 Å². The van der Waals surface area contributed by atoms with Crippen molar-refractivity contribution in [3.8, 4) is 0 Å². The third-order valence-corrected chi connectivity index (χ3v) is 1.58. The lowest BCUT2D eigenvalue weighted by atomic mass is 10.2. The highest BCUT2D eigenvalue weighted by Gasteiger charge is 2.06. The molecule has 64 valence electrons. The molecule has 1 rings (SSSR count). The van der Waals surface area contributed by atoms with Gasteiger partial charge < -0.3 is 5.11 Å². The summed E-state index contributed by atoms with van der Waals surface area (Å²) in [6.45, 7) is 0. The average molecular weight is 190 g/mol. The smallest absolute Gasteiger partial charge is 0.307 e. The van der Waals surface area contributed by atoms with Gasteiger partial charge in [0, 0.05) is 6.20 Å². The fourth-order valence-electron chi connectivity index (χ4n) is 0.750. The number of nitrogens with zero attached hydrogens (tertiary/aromatic N) is 1. The zero-order valence-electron chi connectivity index (χ0n) is 5.92. The quantitative estimate of drug-likeness (QED) is 0.718. The monoisotopic (exact) mass is 189 g/mol. The first-order valence-corrected chi connectivity index (χ1v) is 3.49. The van der Waals surface area contributed by atoms with Gasteiger partial charge >= 0.3 is 5.97 Å². The van der Waals surface area contributed by atoms with Crippen LogP contribution < -0.4 is 0 Å². The summed E-state index contributed by atoms with van der Waals surface area (Å²) in [5.74, 6) is -1.78.